The lowest BCUT2D eigenvalue weighted by Gasteiger charge is -2.15. The van der Waals surface area contributed by atoms with Crippen molar-refractivity contribution in [3.05, 3.63) is 76.6 Å². The number of aromatic hydroxyl groups is 1. The zero-order valence-corrected chi connectivity index (χ0v) is 22.5. The topological polar surface area (TPSA) is 154 Å². The third-order valence-corrected chi connectivity index (χ3v) is 6.81. The quantitative estimate of drug-likeness (QED) is 0.295. The van der Waals surface area contributed by atoms with Crippen LogP contribution in [0, 0.1) is 5.82 Å². The molecule has 0 unspecified atom stereocenters. The Labute approximate surface area is 231 Å². The van der Waals surface area contributed by atoms with Gasteiger partial charge in [0.2, 0.25) is 15.9 Å². The van der Waals surface area contributed by atoms with Crippen LogP contribution in [0.2, 0.25) is 5.15 Å². The summed E-state index contributed by atoms with van der Waals surface area (Å²) in [5.74, 6) is -1.10. The molecular weight excluding hydrogens is 565 g/mol. The fourth-order valence-corrected chi connectivity index (χ4v) is 5.04. The van der Waals surface area contributed by atoms with Crippen molar-refractivity contribution in [2.45, 2.75) is 12.7 Å². The van der Waals surface area contributed by atoms with Crippen LogP contribution in [0.5, 0.6) is 11.5 Å². The molecule has 40 heavy (non-hydrogen) atoms. The number of halogens is 2. The highest BCUT2D eigenvalue weighted by Crippen LogP contribution is 2.37. The van der Waals surface area contributed by atoms with Gasteiger partial charge in [-0.1, -0.05) is 23.4 Å². The zero-order valence-electron chi connectivity index (χ0n) is 20.9. The maximum atomic E-state index is 13.2. The minimum atomic E-state index is -4.11. The number of pyridine rings is 1. The van der Waals surface area contributed by atoms with Gasteiger partial charge < -0.3 is 14.6 Å². The van der Waals surface area contributed by atoms with Gasteiger partial charge in [-0.2, -0.15) is 0 Å². The van der Waals surface area contributed by atoms with Crippen LogP contribution >= 0.6 is 11.6 Å². The summed E-state index contributed by atoms with van der Waals surface area (Å²) in [4.78, 5) is 21.3. The van der Waals surface area contributed by atoms with Crippen LogP contribution in [0.4, 0.5) is 10.2 Å². The smallest absolute Gasteiger partial charge is 0.239 e. The number of anilines is 1. The molecule has 4 aromatic rings. The molecule has 5 rings (SSSR count). The fourth-order valence-electron chi connectivity index (χ4n) is 3.74. The molecule has 0 bridgehead atoms. The van der Waals surface area contributed by atoms with E-state index in [0.29, 0.717) is 6.61 Å². The van der Waals surface area contributed by atoms with E-state index >= 15 is 0 Å². The van der Waals surface area contributed by atoms with E-state index < -0.39 is 21.6 Å². The van der Waals surface area contributed by atoms with Gasteiger partial charge in [0.25, 0.3) is 0 Å². The minimum Gasteiger partial charge on any atom is -0.506 e. The van der Waals surface area contributed by atoms with Crippen LogP contribution in [0.25, 0.3) is 22.7 Å². The molecule has 1 aliphatic rings. The summed E-state index contributed by atoms with van der Waals surface area (Å²) < 4.78 is 53.6. The molecule has 4 heterocycles. The summed E-state index contributed by atoms with van der Waals surface area (Å²) in [5.41, 5.74) is 6.06. The Kier molecular flexibility index (Phi) is 7.24. The average Bonchev–Trinajstić information content (AvgIpc) is 3.27. The number of phenols is 1. The molecule has 0 fully saturated rings. The maximum Gasteiger partial charge on any atom is 0.239 e. The third kappa shape index (κ3) is 5.37. The van der Waals surface area contributed by atoms with E-state index in [9.17, 15) is 17.9 Å². The van der Waals surface area contributed by atoms with Crippen molar-refractivity contribution in [2.24, 2.45) is 4.99 Å². The molecule has 0 amide bonds. The van der Waals surface area contributed by atoms with Crippen molar-refractivity contribution in [1.82, 2.24) is 24.5 Å². The lowest BCUT2D eigenvalue weighted by atomic mass is 10.2. The van der Waals surface area contributed by atoms with Gasteiger partial charge >= 0.3 is 0 Å². The minimum absolute atomic E-state index is 0.00506. The summed E-state index contributed by atoms with van der Waals surface area (Å²) in [6.07, 6.45) is 2.41. The number of fused-ring (bicyclic) bond motifs is 1. The summed E-state index contributed by atoms with van der Waals surface area (Å²) in [7, 11) is -2.70. The molecule has 0 aliphatic carbocycles. The second-order valence-corrected chi connectivity index (χ2v) is 10.2. The number of ether oxygens (including phenoxy) is 2. The molecule has 15 heteroatoms. The van der Waals surface area contributed by atoms with Gasteiger partial charge in [-0.05, 0) is 36.9 Å². The van der Waals surface area contributed by atoms with Crippen molar-refractivity contribution in [3.8, 4) is 17.2 Å². The van der Waals surface area contributed by atoms with Crippen LogP contribution in [-0.4, -0.2) is 57.6 Å². The monoisotopic (exact) mass is 583 g/mol. The number of aliphatic imine (C=N–C) groups is 1. The molecule has 0 spiro atoms. The summed E-state index contributed by atoms with van der Waals surface area (Å²) in [5, 5.41) is 10.6. The molecule has 12 nitrogen and oxygen atoms in total. The van der Waals surface area contributed by atoms with E-state index in [0.717, 1.165) is 12.3 Å². The summed E-state index contributed by atoms with van der Waals surface area (Å²) >= 11 is 6.30. The number of imidazole rings is 1. The average molecular weight is 584 g/mol. The second kappa shape index (κ2) is 10.8. The van der Waals surface area contributed by atoms with Crippen LogP contribution in [0.3, 0.4) is 0 Å². The van der Waals surface area contributed by atoms with Crippen molar-refractivity contribution < 1.29 is 27.4 Å². The summed E-state index contributed by atoms with van der Waals surface area (Å²) in [6, 6.07) is 6.95. The number of nitrogens with zero attached hydrogens (tertiary/aromatic N) is 6. The van der Waals surface area contributed by atoms with Gasteiger partial charge in [0.15, 0.2) is 33.8 Å². The second-order valence-electron chi connectivity index (χ2n) is 8.08. The van der Waals surface area contributed by atoms with Crippen molar-refractivity contribution >= 4 is 50.3 Å². The molecule has 3 aromatic heterocycles. The van der Waals surface area contributed by atoms with Gasteiger partial charge in [-0.25, -0.2) is 32.8 Å². The number of para-hydroxylation sites is 1. The molecule has 204 valence electrons. The zero-order chi connectivity index (χ0) is 28.4. The van der Waals surface area contributed by atoms with Crippen LogP contribution in [0.15, 0.2) is 59.1 Å². The highest BCUT2D eigenvalue weighted by molar-refractivity contribution is 7.91. The number of aromatic nitrogens is 5. The highest BCUT2D eigenvalue weighted by atomic mass is 35.5. The molecule has 0 atom stereocenters. The standard InChI is InChI=1S/C25H19ClFN7O5S/c1-3-39-19-9-4-6-16(29-19)24-32-23-25(34(24)20-17(35)7-5-8-18(20)38-2)31-22(21(26)30-23)33-40(36,37)13-15-11-10-14(27)12-28-15/h5,7-12,35H,3,13H2,1-2H3,(H,31,33). The predicted molar refractivity (Wildman–Crippen MR) is 144 cm³/mol. The molecule has 0 radical (unpaired) electrons. The molecular formula is C25H19ClFN7O5S. The highest BCUT2D eigenvalue weighted by Gasteiger charge is 2.26. The Morgan fingerprint density at radius 2 is 2.02 bits per heavy atom. The Balaban J connectivity index is 1.69. The van der Waals surface area contributed by atoms with Gasteiger partial charge in [-0.3, -0.25) is 14.3 Å². The van der Waals surface area contributed by atoms with Crippen LogP contribution in [-0.2, 0) is 20.5 Å². The maximum absolute atomic E-state index is 13.2. The van der Waals surface area contributed by atoms with Crippen molar-refractivity contribution in [2.75, 3.05) is 18.4 Å². The molecule has 0 saturated carbocycles. The number of benzene rings is 1. The van der Waals surface area contributed by atoms with E-state index in [-0.39, 0.29) is 62.6 Å². The lowest BCUT2D eigenvalue weighted by molar-refractivity contribution is 0.330. The van der Waals surface area contributed by atoms with Gasteiger partial charge in [0.05, 0.1) is 31.7 Å². The van der Waals surface area contributed by atoms with Crippen molar-refractivity contribution in [3.63, 3.8) is 0 Å². The van der Waals surface area contributed by atoms with E-state index in [1.165, 1.54) is 29.9 Å². The number of hydrogen-bond donors (Lipinski definition) is 2. The Morgan fingerprint density at radius 3 is 2.75 bits per heavy atom. The van der Waals surface area contributed by atoms with E-state index in [2.05, 4.69) is 41.1 Å². The fraction of sp³-hybridized carbons (Fsp3) is 0.160. The van der Waals surface area contributed by atoms with Crippen LogP contribution in [0.1, 0.15) is 18.4 Å². The number of sulfonamides is 1. The predicted octanol–water partition coefficient (Wildman–Crippen LogP) is 3.76. The molecule has 2 N–H and O–H groups in total. The largest absolute Gasteiger partial charge is 0.506 e. The Bertz CT molecular complexity index is 1880. The first kappa shape index (κ1) is 26.9. The number of nitrogens with one attached hydrogen (secondary N) is 1. The molecule has 1 aromatic carbocycles. The third-order valence-electron chi connectivity index (χ3n) is 5.36. The van der Waals surface area contributed by atoms with Crippen molar-refractivity contribution in [1.29, 1.82) is 0 Å². The van der Waals surface area contributed by atoms with Gasteiger partial charge in [0.1, 0.15) is 28.8 Å². The first-order valence-corrected chi connectivity index (χ1v) is 13.6. The van der Waals surface area contributed by atoms with Gasteiger partial charge in [-0.15, -0.1) is 0 Å². The normalized spacial score (nSPS) is 12.8. The molecule has 0 saturated heterocycles. The first-order chi connectivity index (χ1) is 19.2. The van der Waals surface area contributed by atoms with Gasteiger partial charge in [0, 0.05) is 0 Å². The Hall–Kier alpha value is -4.74. The lowest BCUT2D eigenvalue weighted by Crippen LogP contribution is -2.17. The number of rotatable bonds is 8. The Morgan fingerprint density at radius 1 is 1.20 bits per heavy atom. The number of methoxy groups -OCH3 is 1. The summed E-state index contributed by atoms with van der Waals surface area (Å²) in [6.45, 7) is 2.15. The SMILES string of the molecule is CCOC1=NC(c2nc3nc(Cl)c(NS(=O)(=O)Cc4ccc(F)cn4)nc3n2-c2c(O)cccc2OC)=C=C=C1. The van der Waals surface area contributed by atoms with E-state index in [1.807, 2.05) is 0 Å². The molecule has 1 aliphatic heterocycles. The number of hydrogen-bond acceptors (Lipinski definition) is 10. The first-order valence-electron chi connectivity index (χ1n) is 11.6. The van der Waals surface area contributed by atoms with Crippen LogP contribution < -0.4 is 9.46 Å². The van der Waals surface area contributed by atoms with E-state index in [1.54, 1.807) is 19.1 Å². The van der Waals surface area contributed by atoms with E-state index in [4.69, 9.17) is 21.1 Å². The number of phenolic OH excluding ortho intramolecular Hbond substituents is 1.